The first-order valence-electron chi connectivity index (χ1n) is 7.77. The molecule has 0 saturated carbocycles. The fourth-order valence-electron chi connectivity index (χ4n) is 2.63. The number of ether oxygens (including phenoxy) is 1. The summed E-state index contributed by atoms with van der Waals surface area (Å²) in [6.45, 7) is 8.52. The summed E-state index contributed by atoms with van der Waals surface area (Å²) in [4.78, 5) is 25.7. The molecule has 0 radical (unpaired) electrons. The van der Waals surface area contributed by atoms with E-state index in [1.165, 1.54) is 12.1 Å². The van der Waals surface area contributed by atoms with Crippen LogP contribution in [0.3, 0.4) is 0 Å². The van der Waals surface area contributed by atoms with Crippen molar-refractivity contribution in [1.82, 2.24) is 4.90 Å². The topological polar surface area (TPSA) is 75.9 Å². The summed E-state index contributed by atoms with van der Waals surface area (Å²) in [7, 11) is 0. The highest BCUT2D eigenvalue weighted by Gasteiger charge is 2.31. The zero-order valence-corrected chi connectivity index (χ0v) is 14.3. The smallest absolute Gasteiger partial charge is 0.410 e. The molecule has 0 bridgehead atoms. The fourth-order valence-corrected chi connectivity index (χ4v) is 2.63. The summed E-state index contributed by atoms with van der Waals surface area (Å²) in [5, 5.41) is 10.7. The molecule has 1 aliphatic heterocycles. The average molecular weight is 339 g/mol. The summed E-state index contributed by atoms with van der Waals surface area (Å²) < 4.78 is 19.5. The third-order valence-electron chi connectivity index (χ3n) is 3.74. The Bertz CT molecular complexity index is 645. The number of amides is 1. The lowest BCUT2D eigenvalue weighted by molar-refractivity contribution is -0.385. The number of nitro benzene ring substituents is 1. The van der Waals surface area contributed by atoms with Gasteiger partial charge in [0, 0.05) is 31.7 Å². The highest BCUT2D eigenvalue weighted by molar-refractivity contribution is 5.69. The van der Waals surface area contributed by atoms with E-state index in [9.17, 15) is 19.3 Å². The van der Waals surface area contributed by atoms with Crippen LogP contribution in [0.25, 0.3) is 0 Å². The number of nitro groups is 1. The van der Waals surface area contributed by atoms with E-state index in [-0.39, 0.29) is 17.8 Å². The lowest BCUT2D eigenvalue weighted by Crippen LogP contribution is -2.55. The van der Waals surface area contributed by atoms with E-state index < -0.39 is 16.3 Å². The van der Waals surface area contributed by atoms with E-state index >= 15 is 0 Å². The van der Waals surface area contributed by atoms with Crippen LogP contribution < -0.4 is 4.90 Å². The molecule has 0 spiro atoms. The van der Waals surface area contributed by atoms with Gasteiger partial charge >= 0.3 is 6.09 Å². The summed E-state index contributed by atoms with van der Waals surface area (Å²) in [6.07, 6.45) is -0.390. The molecule has 1 amide bonds. The van der Waals surface area contributed by atoms with Crippen LogP contribution in [0.15, 0.2) is 18.2 Å². The molecule has 0 aliphatic carbocycles. The number of hydrogen-bond donors (Lipinski definition) is 0. The molecule has 7 nitrogen and oxygen atoms in total. The molecule has 132 valence electrons. The first-order chi connectivity index (χ1) is 11.1. The van der Waals surface area contributed by atoms with Gasteiger partial charge < -0.3 is 14.5 Å². The van der Waals surface area contributed by atoms with Gasteiger partial charge in [-0.15, -0.1) is 0 Å². The van der Waals surface area contributed by atoms with Crippen molar-refractivity contribution in [1.29, 1.82) is 0 Å². The van der Waals surface area contributed by atoms with Gasteiger partial charge in [-0.05, 0) is 33.8 Å². The Balaban J connectivity index is 2.08. The number of rotatable bonds is 2. The monoisotopic (exact) mass is 339 g/mol. The van der Waals surface area contributed by atoms with Crippen LogP contribution >= 0.6 is 0 Å². The van der Waals surface area contributed by atoms with E-state index in [0.717, 1.165) is 6.07 Å². The highest BCUT2D eigenvalue weighted by Crippen LogP contribution is 2.26. The number of halogens is 1. The Labute approximate surface area is 140 Å². The number of non-ortho nitro benzene ring substituents is 1. The standard InChI is InChI=1S/C16H22FN3O4/c1-11-10-18(7-8-19(11)15(21)24-16(2,3)4)14-6-5-12(20(22)23)9-13(14)17/h5-6,9,11H,7-8,10H2,1-4H3/t11-/m0/s1. The Hall–Kier alpha value is -2.38. The van der Waals surface area contributed by atoms with Gasteiger partial charge in [-0.25, -0.2) is 9.18 Å². The maximum atomic E-state index is 14.1. The van der Waals surface area contributed by atoms with E-state index in [1.807, 2.05) is 6.92 Å². The second-order valence-corrected chi connectivity index (χ2v) is 6.86. The molecule has 8 heteroatoms. The summed E-state index contributed by atoms with van der Waals surface area (Å²) in [5.74, 6) is -0.637. The molecule has 0 unspecified atom stereocenters. The van der Waals surface area contributed by atoms with Crippen molar-refractivity contribution in [2.24, 2.45) is 0 Å². The largest absolute Gasteiger partial charge is 0.444 e. The summed E-state index contributed by atoms with van der Waals surface area (Å²) in [5.41, 5.74) is -0.550. The Morgan fingerprint density at radius 3 is 2.54 bits per heavy atom. The molecule has 0 aromatic heterocycles. The van der Waals surface area contributed by atoms with Crippen LogP contribution in [0.2, 0.25) is 0 Å². The van der Waals surface area contributed by atoms with Crippen LogP contribution in [0.5, 0.6) is 0 Å². The van der Waals surface area contributed by atoms with Crippen molar-refractivity contribution in [3.8, 4) is 0 Å². The number of carbonyl (C=O) groups excluding carboxylic acids is 1. The molecule has 2 rings (SSSR count). The lowest BCUT2D eigenvalue weighted by atomic mass is 10.1. The van der Waals surface area contributed by atoms with Crippen LogP contribution in [0, 0.1) is 15.9 Å². The maximum absolute atomic E-state index is 14.1. The molecular weight excluding hydrogens is 317 g/mol. The molecule has 1 saturated heterocycles. The molecule has 1 atom stereocenters. The molecule has 1 heterocycles. The van der Waals surface area contributed by atoms with E-state index in [2.05, 4.69) is 0 Å². The third kappa shape index (κ3) is 4.12. The van der Waals surface area contributed by atoms with E-state index in [1.54, 1.807) is 30.6 Å². The van der Waals surface area contributed by atoms with Crippen LogP contribution in [-0.2, 0) is 4.74 Å². The number of benzene rings is 1. The second-order valence-electron chi connectivity index (χ2n) is 6.86. The molecule has 1 aromatic rings. The zero-order valence-electron chi connectivity index (χ0n) is 14.3. The van der Waals surface area contributed by atoms with E-state index in [0.29, 0.717) is 25.3 Å². The van der Waals surface area contributed by atoms with Gasteiger partial charge in [0.1, 0.15) is 5.60 Å². The minimum atomic E-state index is -0.637. The van der Waals surface area contributed by atoms with Gasteiger partial charge in [-0.3, -0.25) is 10.1 Å². The van der Waals surface area contributed by atoms with Gasteiger partial charge in [-0.1, -0.05) is 0 Å². The summed E-state index contributed by atoms with van der Waals surface area (Å²) in [6, 6.07) is 3.44. The third-order valence-corrected chi connectivity index (χ3v) is 3.74. The molecule has 1 aliphatic rings. The molecule has 24 heavy (non-hydrogen) atoms. The first kappa shape index (κ1) is 18.0. The average Bonchev–Trinajstić information content (AvgIpc) is 2.44. The normalized spacial score (nSPS) is 18.5. The Morgan fingerprint density at radius 2 is 2.04 bits per heavy atom. The van der Waals surface area contributed by atoms with Crippen molar-refractivity contribution < 1.29 is 18.8 Å². The number of carbonyl (C=O) groups is 1. The van der Waals surface area contributed by atoms with Crippen LogP contribution in [0.1, 0.15) is 27.7 Å². The number of hydrogen-bond acceptors (Lipinski definition) is 5. The van der Waals surface area contributed by atoms with Crippen LogP contribution in [-0.4, -0.2) is 47.2 Å². The minimum absolute atomic E-state index is 0.164. The Kier molecular flexibility index (Phi) is 4.96. The lowest BCUT2D eigenvalue weighted by Gasteiger charge is -2.41. The van der Waals surface area contributed by atoms with E-state index in [4.69, 9.17) is 4.74 Å². The van der Waals surface area contributed by atoms with Crippen molar-refractivity contribution in [2.75, 3.05) is 24.5 Å². The second kappa shape index (κ2) is 6.62. The molecule has 0 N–H and O–H groups in total. The van der Waals surface area contributed by atoms with Crippen molar-refractivity contribution in [2.45, 2.75) is 39.3 Å². The van der Waals surface area contributed by atoms with Gasteiger partial charge in [-0.2, -0.15) is 0 Å². The SMILES string of the molecule is C[C@H]1CN(c2ccc([N+](=O)[O-])cc2F)CCN1C(=O)OC(C)(C)C. The van der Waals surface area contributed by atoms with Crippen molar-refractivity contribution in [3.63, 3.8) is 0 Å². The number of nitrogens with zero attached hydrogens (tertiary/aromatic N) is 3. The fraction of sp³-hybridized carbons (Fsp3) is 0.562. The maximum Gasteiger partial charge on any atom is 0.410 e. The highest BCUT2D eigenvalue weighted by atomic mass is 19.1. The van der Waals surface area contributed by atoms with Gasteiger partial charge in [0.15, 0.2) is 5.82 Å². The predicted octanol–water partition coefficient (Wildman–Crippen LogP) is 3.18. The Morgan fingerprint density at radius 1 is 1.38 bits per heavy atom. The van der Waals surface area contributed by atoms with Gasteiger partial charge in [0.25, 0.3) is 5.69 Å². The van der Waals surface area contributed by atoms with Gasteiger partial charge in [0.2, 0.25) is 0 Å². The van der Waals surface area contributed by atoms with Crippen molar-refractivity contribution >= 4 is 17.5 Å². The van der Waals surface area contributed by atoms with Crippen molar-refractivity contribution in [3.05, 3.63) is 34.1 Å². The molecule has 1 aromatic carbocycles. The predicted molar refractivity (Wildman–Crippen MR) is 87.7 cm³/mol. The minimum Gasteiger partial charge on any atom is -0.444 e. The molecular formula is C16H22FN3O4. The summed E-state index contributed by atoms with van der Waals surface area (Å²) >= 11 is 0. The van der Waals surface area contributed by atoms with Gasteiger partial charge in [0.05, 0.1) is 16.7 Å². The number of anilines is 1. The zero-order chi connectivity index (χ0) is 18.1. The van der Waals surface area contributed by atoms with Crippen LogP contribution in [0.4, 0.5) is 20.6 Å². The quantitative estimate of drug-likeness (QED) is 0.611. The first-order valence-corrected chi connectivity index (χ1v) is 7.77. The number of piperazine rings is 1. The molecule has 1 fully saturated rings.